The van der Waals surface area contributed by atoms with Gasteiger partial charge in [-0.2, -0.15) is 0 Å². The van der Waals surface area contributed by atoms with Crippen LogP contribution in [0, 0.1) is 0 Å². The van der Waals surface area contributed by atoms with Crippen molar-refractivity contribution in [3.63, 3.8) is 0 Å². The molecule has 0 radical (unpaired) electrons. The van der Waals surface area contributed by atoms with Crippen LogP contribution in [0.2, 0.25) is 0 Å². The predicted molar refractivity (Wildman–Crippen MR) is 169 cm³/mol. The van der Waals surface area contributed by atoms with Crippen molar-refractivity contribution in [3.05, 3.63) is 65.7 Å². The van der Waals surface area contributed by atoms with Gasteiger partial charge in [0, 0.05) is 12.0 Å². The predicted octanol–water partition coefficient (Wildman–Crippen LogP) is 9.30. The molecule has 0 aromatic heterocycles. The van der Waals surface area contributed by atoms with Gasteiger partial charge in [-0.15, -0.1) is 0 Å². The van der Waals surface area contributed by atoms with Crippen molar-refractivity contribution < 1.29 is 18.8 Å². The summed E-state index contributed by atoms with van der Waals surface area (Å²) >= 11 is 0. The van der Waals surface area contributed by atoms with Crippen molar-refractivity contribution >= 4 is 5.97 Å². The van der Waals surface area contributed by atoms with Crippen molar-refractivity contribution in [2.45, 2.75) is 123 Å². The minimum absolute atomic E-state index is 0.113. The second-order valence-corrected chi connectivity index (χ2v) is 12.2. The van der Waals surface area contributed by atoms with Crippen LogP contribution >= 0.6 is 0 Å². The zero-order valence-electron chi connectivity index (χ0n) is 26.2. The number of rotatable bonds is 23. The van der Waals surface area contributed by atoms with E-state index in [9.17, 15) is 4.79 Å². The molecule has 0 aliphatic carbocycles. The largest absolute Gasteiger partial charge is 0.487 e. The molecule has 0 bridgehead atoms. The molecule has 2 rings (SSSR count). The fourth-order valence-electron chi connectivity index (χ4n) is 5.24. The highest BCUT2D eigenvalue weighted by Crippen LogP contribution is 2.19. The van der Waals surface area contributed by atoms with Gasteiger partial charge in [-0.3, -0.25) is 4.79 Å². The quantitative estimate of drug-likeness (QED) is 0.0783. The standard InChI is InChI=1S/C36H58NO3/c1-5-7-8-9-10-11-12-13-14-16-22-32-25-21-26-35(29-32)40-34(6-2)31-39-36(38)27-19-20-28-37(3,4)30-33-23-17-15-18-24-33/h15,17-18,21,23-26,29,34H,5-14,16,19-20,22,27-28,30-31H2,1-4H3/q+1. The molecule has 1 unspecified atom stereocenters. The van der Waals surface area contributed by atoms with E-state index in [1.807, 2.05) is 6.07 Å². The summed E-state index contributed by atoms with van der Waals surface area (Å²) in [5, 5.41) is 0. The van der Waals surface area contributed by atoms with Gasteiger partial charge >= 0.3 is 5.97 Å². The van der Waals surface area contributed by atoms with Gasteiger partial charge in [0.15, 0.2) is 0 Å². The van der Waals surface area contributed by atoms with Crippen molar-refractivity contribution in [1.82, 2.24) is 0 Å². The number of esters is 1. The number of carbonyl (C=O) groups is 1. The van der Waals surface area contributed by atoms with E-state index < -0.39 is 0 Å². The number of aryl methyl sites for hydroxylation is 1. The first-order valence-electron chi connectivity index (χ1n) is 16.2. The van der Waals surface area contributed by atoms with Crippen molar-refractivity contribution in [1.29, 1.82) is 0 Å². The first-order valence-corrected chi connectivity index (χ1v) is 16.2. The average Bonchev–Trinajstić information content (AvgIpc) is 2.95. The second-order valence-electron chi connectivity index (χ2n) is 12.2. The molecule has 0 amide bonds. The van der Waals surface area contributed by atoms with Crippen molar-refractivity contribution in [3.8, 4) is 5.75 Å². The second kappa shape index (κ2) is 20.5. The highest BCUT2D eigenvalue weighted by Gasteiger charge is 2.17. The third-order valence-electron chi connectivity index (χ3n) is 7.75. The molecular weight excluding hydrogens is 494 g/mol. The van der Waals surface area contributed by atoms with Crippen LogP contribution in [0.5, 0.6) is 5.75 Å². The molecule has 0 aliphatic heterocycles. The highest BCUT2D eigenvalue weighted by atomic mass is 16.6. The number of unbranched alkanes of at least 4 members (excludes halogenated alkanes) is 10. The minimum atomic E-state index is -0.120. The van der Waals surface area contributed by atoms with E-state index in [1.165, 1.54) is 75.3 Å². The number of benzene rings is 2. The number of hydrogen-bond donors (Lipinski definition) is 0. The van der Waals surface area contributed by atoms with Crippen LogP contribution in [0.3, 0.4) is 0 Å². The van der Waals surface area contributed by atoms with Crippen molar-refractivity contribution in [2.75, 3.05) is 27.2 Å². The molecule has 0 saturated carbocycles. The van der Waals surface area contributed by atoms with Crippen LogP contribution in [-0.4, -0.2) is 43.8 Å². The fraction of sp³-hybridized carbons (Fsp3) is 0.639. The first-order chi connectivity index (χ1) is 19.4. The molecule has 1 atom stereocenters. The Morgan fingerprint density at radius 1 is 0.750 bits per heavy atom. The van der Waals surface area contributed by atoms with E-state index in [4.69, 9.17) is 9.47 Å². The Hall–Kier alpha value is -2.33. The molecule has 0 aliphatic rings. The van der Waals surface area contributed by atoms with Crippen LogP contribution in [0.15, 0.2) is 54.6 Å². The Balaban J connectivity index is 1.59. The molecular formula is C36H58NO3+. The Morgan fingerprint density at radius 2 is 1.40 bits per heavy atom. The molecule has 0 spiro atoms. The molecule has 0 N–H and O–H groups in total. The molecule has 0 saturated heterocycles. The van der Waals surface area contributed by atoms with Crippen LogP contribution in [0.1, 0.15) is 115 Å². The molecule has 0 heterocycles. The smallest absolute Gasteiger partial charge is 0.305 e. The lowest BCUT2D eigenvalue weighted by Gasteiger charge is -2.30. The average molecular weight is 553 g/mol. The third-order valence-corrected chi connectivity index (χ3v) is 7.75. The fourth-order valence-corrected chi connectivity index (χ4v) is 5.24. The van der Waals surface area contributed by atoms with E-state index in [0.717, 1.165) is 49.0 Å². The zero-order valence-corrected chi connectivity index (χ0v) is 26.2. The SMILES string of the molecule is CCCCCCCCCCCCc1cccc(OC(CC)COC(=O)CCCC[N+](C)(C)Cc2ccccc2)c1. The maximum Gasteiger partial charge on any atom is 0.305 e. The summed E-state index contributed by atoms with van der Waals surface area (Å²) in [6.07, 6.45) is 17.7. The summed E-state index contributed by atoms with van der Waals surface area (Å²) in [4.78, 5) is 12.4. The van der Waals surface area contributed by atoms with E-state index in [1.54, 1.807) is 0 Å². The van der Waals surface area contributed by atoms with E-state index >= 15 is 0 Å². The summed E-state index contributed by atoms with van der Waals surface area (Å²) < 4.78 is 12.7. The number of quaternary nitrogens is 1. The molecule has 4 heteroatoms. The van der Waals surface area contributed by atoms with Crippen LogP contribution < -0.4 is 4.74 Å². The third kappa shape index (κ3) is 16.1. The van der Waals surface area contributed by atoms with Gasteiger partial charge < -0.3 is 14.0 Å². The van der Waals surface area contributed by atoms with Crippen LogP contribution in [0.4, 0.5) is 0 Å². The zero-order chi connectivity index (χ0) is 28.9. The van der Waals surface area contributed by atoms with E-state index in [-0.39, 0.29) is 12.1 Å². The minimum Gasteiger partial charge on any atom is -0.487 e. The van der Waals surface area contributed by atoms with Gasteiger partial charge in [-0.1, -0.05) is 114 Å². The number of carbonyl (C=O) groups excluding carboxylic acids is 1. The first kappa shape index (κ1) is 33.9. The molecule has 40 heavy (non-hydrogen) atoms. The number of nitrogens with zero attached hydrogens (tertiary/aromatic N) is 1. The Kier molecular flexibility index (Phi) is 17.4. The lowest BCUT2D eigenvalue weighted by molar-refractivity contribution is -0.903. The molecule has 224 valence electrons. The van der Waals surface area contributed by atoms with Gasteiger partial charge in [-0.05, 0) is 49.8 Å². The Bertz CT molecular complexity index is 911. The van der Waals surface area contributed by atoms with Crippen LogP contribution in [-0.2, 0) is 22.5 Å². The summed E-state index contributed by atoms with van der Waals surface area (Å²) in [5.41, 5.74) is 2.68. The molecule has 2 aromatic rings. The topological polar surface area (TPSA) is 35.5 Å². The van der Waals surface area contributed by atoms with Gasteiger partial charge in [0.05, 0.1) is 20.6 Å². The summed E-state index contributed by atoms with van der Waals surface area (Å²) in [6, 6.07) is 19.1. The van der Waals surface area contributed by atoms with Gasteiger partial charge in [-0.25, -0.2) is 0 Å². The summed E-state index contributed by atoms with van der Waals surface area (Å²) in [5.74, 6) is 0.760. The van der Waals surface area contributed by atoms with E-state index in [2.05, 4.69) is 76.5 Å². The Morgan fingerprint density at radius 3 is 2.08 bits per heavy atom. The van der Waals surface area contributed by atoms with E-state index in [0.29, 0.717) is 13.0 Å². The Labute approximate surface area is 246 Å². The molecule has 2 aromatic carbocycles. The van der Waals surface area contributed by atoms with Crippen molar-refractivity contribution in [2.24, 2.45) is 0 Å². The maximum atomic E-state index is 12.4. The van der Waals surface area contributed by atoms with Crippen LogP contribution in [0.25, 0.3) is 0 Å². The summed E-state index contributed by atoms with van der Waals surface area (Å²) in [7, 11) is 4.50. The lowest BCUT2D eigenvalue weighted by atomic mass is 10.0. The van der Waals surface area contributed by atoms with Gasteiger partial charge in [0.25, 0.3) is 0 Å². The van der Waals surface area contributed by atoms with Gasteiger partial charge in [0.1, 0.15) is 25.0 Å². The lowest BCUT2D eigenvalue weighted by Crippen LogP contribution is -2.39. The maximum absolute atomic E-state index is 12.4. The number of hydrogen-bond acceptors (Lipinski definition) is 3. The monoisotopic (exact) mass is 552 g/mol. The molecule has 0 fully saturated rings. The number of ether oxygens (including phenoxy) is 2. The van der Waals surface area contributed by atoms with Gasteiger partial charge in [0.2, 0.25) is 0 Å². The normalized spacial score (nSPS) is 12.3. The highest BCUT2D eigenvalue weighted by molar-refractivity contribution is 5.69. The molecule has 4 nitrogen and oxygen atoms in total. The summed E-state index contributed by atoms with van der Waals surface area (Å²) in [6.45, 7) is 6.71.